The van der Waals surface area contributed by atoms with E-state index in [-0.39, 0.29) is 6.03 Å². The quantitative estimate of drug-likeness (QED) is 0.844. The summed E-state index contributed by atoms with van der Waals surface area (Å²) in [6, 6.07) is 8.31. The molecule has 2 aromatic rings. The Morgan fingerprint density at radius 1 is 1.33 bits per heavy atom. The van der Waals surface area contributed by atoms with Gasteiger partial charge in [-0.15, -0.1) is 0 Å². The van der Waals surface area contributed by atoms with Crippen LogP contribution in [0.25, 0.3) is 5.69 Å². The normalized spacial score (nSPS) is 16.1. The second-order valence-corrected chi connectivity index (χ2v) is 7.01. The van der Waals surface area contributed by atoms with Crippen LogP contribution in [0.4, 0.5) is 4.79 Å². The lowest BCUT2D eigenvalue weighted by atomic mass is 10.1. The second kappa shape index (κ2) is 9.01. The largest absolute Gasteiger partial charge is 0.379 e. The third-order valence-electron chi connectivity index (χ3n) is 5.06. The van der Waals surface area contributed by atoms with Crippen LogP contribution in [-0.4, -0.2) is 71.3 Å². The molecule has 1 aromatic carbocycles. The Labute approximate surface area is 160 Å². The van der Waals surface area contributed by atoms with Crippen LogP contribution in [0.5, 0.6) is 0 Å². The number of carbonyl (C=O) groups excluding carboxylic acids is 1. The number of aryl methyl sites for hydroxylation is 1. The van der Waals surface area contributed by atoms with Crippen molar-refractivity contribution in [3.63, 3.8) is 0 Å². The van der Waals surface area contributed by atoms with Crippen molar-refractivity contribution in [3.8, 4) is 5.69 Å². The molecule has 7 nitrogen and oxygen atoms in total. The molecular formula is C20H29N5O2. The summed E-state index contributed by atoms with van der Waals surface area (Å²) in [6.45, 7) is 8.68. The fourth-order valence-corrected chi connectivity index (χ4v) is 3.45. The van der Waals surface area contributed by atoms with Crippen molar-refractivity contribution in [1.82, 2.24) is 24.7 Å². The Morgan fingerprint density at radius 2 is 2.07 bits per heavy atom. The van der Waals surface area contributed by atoms with Crippen molar-refractivity contribution in [1.29, 1.82) is 0 Å². The highest BCUT2D eigenvalue weighted by molar-refractivity contribution is 5.74. The van der Waals surface area contributed by atoms with Gasteiger partial charge >= 0.3 is 6.03 Å². The summed E-state index contributed by atoms with van der Waals surface area (Å²) in [6.07, 6.45) is 3.72. The highest BCUT2D eigenvalue weighted by Crippen LogP contribution is 2.16. The molecule has 27 heavy (non-hydrogen) atoms. The predicted molar refractivity (Wildman–Crippen MR) is 105 cm³/mol. The average Bonchev–Trinajstić information content (AvgIpc) is 3.12. The summed E-state index contributed by atoms with van der Waals surface area (Å²) in [7, 11) is 1.85. The van der Waals surface area contributed by atoms with E-state index in [0.717, 1.165) is 43.4 Å². The summed E-state index contributed by atoms with van der Waals surface area (Å²) in [4.78, 5) is 21.0. The fraction of sp³-hybridized carbons (Fsp3) is 0.500. The van der Waals surface area contributed by atoms with Gasteiger partial charge in [-0.25, -0.2) is 9.78 Å². The predicted octanol–water partition coefficient (Wildman–Crippen LogP) is 2.04. The molecule has 0 bridgehead atoms. The van der Waals surface area contributed by atoms with Crippen LogP contribution >= 0.6 is 0 Å². The van der Waals surface area contributed by atoms with Crippen molar-refractivity contribution in [3.05, 3.63) is 48.0 Å². The van der Waals surface area contributed by atoms with E-state index in [1.54, 1.807) is 11.1 Å². The number of para-hydroxylation sites is 1. The lowest BCUT2D eigenvalue weighted by Gasteiger charge is -2.34. The number of ether oxygens (including phenoxy) is 1. The number of hydrogen-bond donors (Lipinski definition) is 1. The smallest absolute Gasteiger partial charge is 0.317 e. The van der Waals surface area contributed by atoms with Gasteiger partial charge in [-0.2, -0.15) is 0 Å². The third-order valence-corrected chi connectivity index (χ3v) is 5.06. The number of likely N-dealkylation sites (N-methyl/N-ethyl adjacent to an activating group) is 1. The van der Waals surface area contributed by atoms with Crippen LogP contribution in [0.3, 0.4) is 0 Å². The maximum Gasteiger partial charge on any atom is 0.317 e. The molecule has 1 N–H and O–H groups in total. The molecule has 2 amide bonds. The van der Waals surface area contributed by atoms with E-state index in [4.69, 9.17) is 4.74 Å². The maximum absolute atomic E-state index is 12.6. The molecular weight excluding hydrogens is 342 g/mol. The number of rotatable bonds is 6. The van der Waals surface area contributed by atoms with Crippen molar-refractivity contribution in [2.75, 3.05) is 39.9 Å². The number of urea groups is 1. The lowest BCUT2D eigenvalue weighted by molar-refractivity contribution is 0.0161. The van der Waals surface area contributed by atoms with Crippen LogP contribution in [0.1, 0.15) is 18.3 Å². The van der Waals surface area contributed by atoms with Crippen molar-refractivity contribution in [2.45, 2.75) is 26.4 Å². The summed E-state index contributed by atoms with van der Waals surface area (Å²) in [5, 5.41) is 3.04. The van der Waals surface area contributed by atoms with E-state index in [2.05, 4.69) is 22.1 Å². The van der Waals surface area contributed by atoms with Crippen LogP contribution < -0.4 is 5.32 Å². The van der Waals surface area contributed by atoms with Crippen molar-refractivity contribution in [2.24, 2.45) is 0 Å². The van der Waals surface area contributed by atoms with E-state index in [1.807, 2.05) is 49.0 Å². The maximum atomic E-state index is 12.6. The van der Waals surface area contributed by atoms with Gasteiger partial charge in [-0.05, 0) is 25.5 Å². The first-order valence-corrected chi connectivity index (χ1v) is 9.45. The van der Waals surface area contributed by atoms with E-state index in [9.17, 15) is 4.79 Å². The fourth-order valence-electron chi connectivity index (χ4n) is 3.45. The minimum absolute atomic E-state index is 0.0627. The molecule has 146 valence electrons. The van der Waals surface area contributed by atoms with Crippen LogP contribution in [0.2, 0.25) is 0 Å². The molecule has 0 spiro atoms. The number of amides is 2. The van der Waals surface area contributed by atoms with E-state index in [1.165, 1.54) is 0 Å². The van der Waals surface area contributed by atoms with Crippen molar-refractivity contribution < 1.29 is 9.53 Å². The average molecular weight is 371 g/mol. The topological polar surface area (TPSA) is 62.6 Å². The molecule has 1 aliphatic heterocycles. The molecule has 0 unspecified atom stereocenters. The molecule has 1 fully saturated rings. The summed E-state index contributed by atoms with van der Waals surface area (Å²) >= 11 is 0. The summed E-state index contributed by atoms with van der Waals surface area (Å²) in [5.41, 5.74) is 2.10. The van der Waals surface area contributed by atoms with Crippen molar-refractivity contribution >= 4 is 6.03 Å². The number of imidazole rings is 1. The lowest BCUT2D eigenvalue weighted by Crippen LogP contribution is -2.49. The molecule has 2 heterocycles. The third kappa shape index (κ3) is 4.87. The second-order valence-electron chi connectivity index (χ2n) is 7.01. The van der Waals surface area contributed by atoms with Gasteiger partial charge in [0.2, 0.25) is 0 Å². The van der Waals surface area contributed by atoms with Gasteiger partial charge in [0.1, 0.15) is 5.82 Å². The number of hydrogen-bond acceptors (Lipinski definition) is 4. The Balaban J connectivity index is 1.57. The number of benzene rings is 1. The molecule has 0 aliphatic carbocycles. The van der Waals surface area contributed by atoms with Gasteiger partial charge in [-0.3, -0.25) is 4.90 Å². The van der Waals surface area contributed by atoms with E-state index >= 15 is 0 Å². The summed E-state index contributed by atoms with van der Waals surface area (Å²) < 4.78 is 7.43. The minimum Gasteiger partial charge on any atom is -0.379 e. The number of carbonyl (C=O) groups is 1. The minimum atomic E-state index is -0.0627. The van der Waals surface area contributed by atoms with E-state index < -0.39 is 0 Å². The highest BCUT2D eigenvalue weighted by atomic mass is 16.5. The van der Waals surface area contributed by atoms with Crippen LogP contribution in [0.15, 0.2) is 36.7 Å². The van der Waals surface area contributed by atoms with Gasteiger partial charge in [-0.1, -0.05) is 18.2 Å². The highest BCUT2D eigenvalue weighted by Gasteiger charge is 2.20. The zero-order valence-electron chi connectivity index (χ0n) is 16.4. The molecule has 1 saturated heterocycles. The molecule has 3 rings (SSSR count). The summed E-state index contributed by atoms with van der Waals surface area (Å²) in [5.74, 6) is 0.922. The Morgan fingerprint density at radius 3 is 2.78 bits per heavy atom. The number of aromatic nitrogens is 2. The van der Waals surface area contributed by atoms with Gasteiger partial charge in [0.15, 0.2) is 0 Å². The van der Waals surface area contributed by atoms with Gasteiger partial charge in [0, 0.05) is 51.7 Å². The Kier molecular flexibility index (Phi) is 6.47. The molecule has 1 aliphatic rings. The zero-order valence-corrected chi connectivity index (χ0v) is 16.4. The number of nitrogens with one attached hydrogen (secondary N) is 1. The number of nitrogens with zero attached hydrogens (tertiary/aromatic N) is 4. The first-order valence-electron chi connectivity index (χ1n) is 9.45. The number of morpholine rings is 1. The van der Waals surface area contributed by atoms with Gasteiger partial charge in [0.05, 0.1) is 18.9 Å². The van der Waals surface area contributed by atoms with E-state index in [0.29, 0.717) is 19.1 Å². The molecule has 0 saturated carbocycles. The molecule has 1 aromatic heterocycles. The zero-order chi connectivity index (χ0) is 19.2. The first-order chi connectivity index (χ1) is 13.1. The van der Waals surface area contributed by atoms with Gasteiger partial charge < -0.3 is 19.5 Å². The molecule has 7 heteroatoms. The molecule has 0 radical (unpaired) electrons. The molecule has 1 atom stereocenters. The SMILES string of the molecule is Cc1nccn1-c1ccccc1CNC(=O)N(C)C[C@H](C)N1CCOCC1. The van der Waals surface area contributed by atoms with Gasteiger partial charge in [0.25, 0.3) is 0 Å². The Hall–Kier alpha value is -2.38. The standard InChI is InChI=1S/C20H29N5O2/c1-16(24-10-12-27-13-11-24)15-23(3)20(26)22-14-18-6-4-5-7-19(18)25-9-8-21-17(25)2/h4-9,16H,10-15H2,1-3H3,(H,22,26)/t16-/m0/s1. The Bertz CT molecular complexity index is 754. The first kappa shape index (κ1) is 19.4. The van der Waals surface area contributed by atoms with Crippen LogP contribution in [0, 0.1) is 6.92 Å². The van der Waals surface area contributed by atoms with Crippen LogP contribution in [-0.2, 0) is 11.3 Å². The monoisotopic (exact) mass is 371 g/mol.